The third kappa shape index (κ3) is 6.01. The Labute approximate surface area is 203 Å². The number of rotatable bonds is 7. The lowest BCUT2D eigenvalue weighted by molar-refractivity contribution is -0.128. The second-order valence-corrected chi connectivity index (χ2v) is 9.84. The van der Waals surface area contributed by atoms with Gasteiger partial charge in [-0.15, -0.1) is 0 Å². The smallest absolute Gasteiger partial charge is 0.293 e. The fraction of sp³-hybridized carbons (Fsp3) is 0.348. The molecule has 34 heavy (non-hydrogen) atoms. The van der Waals surface area contributed by atoms with E-state index in [4.69, 9.17) is 26.8 Å². The first-order valence-electron chi connectivity index (χ1n) is 10.7. The molecule has 1 unspecified atom stereocenters. The molecule has 3 N–H and O–H groups in total. The van der Waals surface area contributed by atoms with Gasteiger partial charge < -0.3 is 24.9 Å². The first kappa shape index (κ1) is 25.8. The van der Waals surface area contributed by atoms with Gasteiger partial charge >= 0.3 is 0 Å². The lowest BCUT2D eigenvalue weighted by Crippen LogP contribution is -2.47. The van der Waals surface area contributed by atoms with Crippen LogP contribution in [0.5, 0.6) is 5.75 Å². The van der Waals surface area contributed by atoms with Crippen LogP contribution in [0.2, 0.25) is 5.02 Å². The van der Waals surface area contributed by atoms with Crippen molar-refractivity contribution in [3.05, 3.63) is 53.2 Å². The summed E-state index contributed by atoms with van der Waals surface area (Å²) >= 11 is 6.12. The molecule has 1 fully saturated rings. The molecule has 0 bridgehead atoms. The minimum absolute atomic E-state index is 0.200. The van der Waals surface area contributed by atoms with Gasteiger partial charge in [0, 0.05) is 29.2 Å². The maximum absolute atomic E-state index is 13.5. The third-order valence-corrected chi connectivity index (χ3v) is 7.42. The topological polar surface area (TPSA) is 124 Å². The predicted octanol–water partition coefficient (Wildman–Crippen LogP) is 3.36. The van der Waals surface area contributed by atoms with Gasteiger partial charge in [-0.25, -0.2) is 8.42 Å². The summed E-state index contributed by atoms with van der Waals surface area (Å²) in [7, 11) is -3.77. The zero-order valence-electron chi connectivity index (χ0n) is 19.0. The van der Waals surface area contributed by atoms with Crippen molar-refractivity contribution in [2.45, 2.75) is 24.8 Å². The van der Waals surface area contributed by atoms with E-state index in [1.807, 2.05) is 30.3 Å². The average molecular weight is 510 g/mol. The number of H-pyrrole nitrogens is 1. The van der Waals surface area contributed by atoms with Crippen LogP contribution in [-0.2, 0) is 24.3 Å². The van der Waals surface area contributed by atoms with E-state index in [2.05, 4.69) is 9.72 Å². The minimum Gasteiger partial charge on any atom is -0.491 e. The van der Waals surface area contributed by atoms with Crippen molar-refractivity contribution in [3.8, 4) is 5.75 Å². The van der Waals surface area contributed by atoms with Gasteiger partial charge in [-0.3, -0.25) is 4.79 Å². The number of hydrogen-bond acceptors (Lipinski definition) is 7. The molecular weight excluding hydrogens is 482 g/mol. The van der Waals surface area contributed by atoms with E-state index in [0.717, 1.165) is 0 Å². The second kappa shape index (κ2) is 11.6. The number of nitrogens with one attached hydrogen (secondary N) is 1. The van der Waals surface area contributed by atoms with Crippen molar-refractivity contribution in [1.29, 1.82) is 0 Å². The van der Waals surface area contributed by atoms with Gasteiger partial charge in [0.2, 0.25) is 10.0 Å². The largest absolute Gasteiger partial charge is 0.491 e. The number of ether oxygens (including phenoxy) is 3. The second-order valence-electron chi connectivity index (χ2n) is 7.53. The Morgan fingerprint density at radius 2 is 2.03 bits per heavy atom. The minimum atomic E-state index is -3.77. The number of para-hydroxylation sites is 1. The van der Waals surface area contributed by atoms with E-state index in [1.54, 1.807) is 26.0 Å². The van der Waals surface area contributed by atoms with Gasteiger partial charge in [-0.05, 0) is 38.1 Å². The van der Waals surface area contributed by atoms with Crippen LogP contribution >= 0.6 is 11.6 Å². The molecule has 1 aliphatic rings. The molecule has 0 amide bonds. The van der Waals surface area contributed by atoms with Gasteiger partial charge in [0.1, 0.15) is 23.4 Å². The van der Waals surface area contributed by atoms with Gasteiger partial charge in [0.15, 0.2) is 0 Å². The summed E-state index contributed by atoms with van der Waals surface area (Å²) < 4.78 is 43.9. The number of halogens is 1. The molecule has 2 heterocycles. The molecule has 1 aromatic heterocycles. The molecule has 1 aliphatic heterocycles. The molecule has 9 nitrogen and oxygen atoms in total. The number of fused-ring (bicyclic) bond motifs is 1. The fourth-order valence-corrected chi connectivity index (χ4v) is 5.68. The summed E-state index contributed by atoms with van der Waals surface area (Å²) in [4.78, 5) is 12.5. The number of aromatic nitrogens is 1. The zero-order valence-corrected chi connectivity index (χ0v) is 20.6. The van der Waals surface area contributed by atoms with Gasteiger partial charge in [0.05, 0.1) is 24.4 Å². The maximum Gasteiger partial charge on any atom is 0.293 e. The van der Waals surface area contributed by atoms with Crippen molar-refractivity contribution in [2.24, 2.45) is 0 Å². The molecule has 184 valence electrons. The van der Waals surface area contributed by atoms with Crippen LogP contribution in [0.3, 0.4) is 0 Å². The molecule has 1 atom stereocenters. The normalized spacial score (nSPS) is 16.5. The summed E-state index contributed by atoms with van der Waals surface area (Å²) in [5, 5.41) is 0.887. The number of anilines is 1. The summed E-state index contributed by atoms with van der Waals surface area (Å²) in [5.74, 6) is 0.716. The van der Waals surface area contributed by atoms with Crippen LogP contribution in [0.15, 0.2) is 47.4 Å². The van der Waals surface area contributed by atoms with E-state index in [-0.39, 0.29) is 30.7 Å². The summed E-state index contributed by atoms with van der Waals surface area (Å²) in [6.07, 6.45) is -0.363. The molecule has 0 spiro atoms. The van der Waals surface area contributed by atoms with Crippen molar-refractivity contribution >= 4 is 44.7 Å². The lowest BCUT2D eigenvalue weighted by atomic mass is 10.2. The van der Waals surface area contributed by atoms with E-state index in [1.165, 1.54) is 4.31 Å². The molecule has 0 saturated carbocycles. The lowest BCUT2D eigenvalue weighted by Gasteiger charge is -2.32. The Morgan fingerprint density at radius 1 is 1.29 bits per heavy atom. The van der Waals surface area contributed by atoms with E-state index < -0.39 is 10.0 Å². The van der Waals surface area contributed by atoms with Crippen molar-refractivity contribution in [3.63, 3.8) is 0 Å². The first-order chi connectivity index (χ1) is 16.3. The predicted molar refractivity (Wildman–Crippen MR) is 131 cm³/mol. The standard InChI is InChI=1S/C20H22ClN3O4S.C3H6O2/c1-13-20(17-9-14(21)10-18(22)19(17)23-13)29(25,26)24-7-8-27-16(11-24)12-28-15-5-3-2-4-6-15;1-2-5-3-4/h2-6,9-10,16,23H,7-8,11-12,22H2,1H3;3H,2H2,1H3. The Bertz CT molecular complexity index is 1220. The van der Waals surface area contributed by atoms with Crippen molar-refractivity contribution in [2.75, 3.05) is 38.6 Å². The summed E-state index contributed by atoms with van der Waals surface area (Å²) in [6, 6.07) is 12.6. The number of aromatic amines is 1. The summed E-state index contributed by atoms with van der Waals surface area (Å²) in [6.45, 7) is 5.42. The quantitative estimate of drug-likeness (QED) is 0.369. The number of sulfonamides is 1. The van der Waals surface area contributed by atoms with Crippen molar-refractivity contribution < 1.29 is 27.4 Å². The number of carbonyl (C=O) groups excluding carboxylic acids is 1. The number of nitrogen functional groups attached to an aromatic ring is 1. The van der Waals surface area contributed by atoms with Crippen LogP contribution in [0.25, 0.3) is 10.9 Å². The number of benzene rings is 2. The molecule has 3 aromatic rings. The number of morpholine rings is 1. The maximum atomic E-state index is 13.5. The SMILES string of the molecule is CCOC=O.Cc1[nH]c2c(N)cc(Cl)cc2c1S(=O)(=O)N1CCOC(COc2ccccc2)C1. The Morgan fingerprint density at radius 3 is 2.68 bits per heavy atom. The van der Waals surface area contributed by atoms with E-state index in [9.17, 15) is 13.2 Å². The van der Waals surface area contributed by atoms with Gasteiger partial charge in [-0.1, -0.05) is 29.8 Å². The Balaban J connectivity index is 0.000000588. The molecule has 2 aromatic carbocycles. The zero-order chi connectivity index (χ0) is 24.7. The van der Waals surface area contributed by atoms with Crippen LogP contribution in [0, 0.1) is 6.92 Å². The molecule has 0 radical (unpaired) electrons. The molecule has 4 rings (SSSR count). The third-order valence-electron chi connectivity index (χ3n) is 5.14. The van der Waals surface area contributed by atoms with Crippen LogP contribution < -0.4 is 10.5 Å². The van der Waals surface area contributed by atoms with Crippen LogP contribution in [0.1, 0.15) is 12.6 Å². The molecule has 11 heteroatoms. The van der Waals surface area contributed by atoms with E-state index in [0.29, 0.717) is 52.7 Å². The monoisotopic (exact) mass is 509 g/mol. The highest BCUT2D eigenvalue weighted by Crippen LogP contribution is 2.34. The first-order valence-corrected chi connectivity index (χ1v) is 12.5. The molecule has 1 saturated heterocycles. The number of nitrogens with zero attached hydrogens (tertiary/aromatic N) is 1. The fourth-order valence-electron chi connectivity index (χ4n) is 3.64. The summed E-state index contributed by atoms with van der Waals surface area (Å²) in [5.41, 5.74) is 7.53. The molecule has 0 aliphatic carbocycles. The highest BCUT2D eigenvalue weighted by atomic mass is 35.5. The van der Waals surface area contributed by atoms with E-state index >= 15 is 0 Å². The highest BCUT2D eigenvalue weighted by Gasteiger charge is 2.34. The van der Waals surface area contributed by atoms with Crippen molar-refractivity contribution in [1.82, 2.24) is 9.29 Å². The molecular formula is C23H28ClN3O6S. The van der Waals surface area contributed by atoms with Gasteiger partial charge in [0.25, 0.3) is 6.47 Å². The average Bonchev–Trinajstić information content (AvgIpc) is 3.16. The van der Waals surface area contributed by atoms with Crippen LogP contribution in [0.4, 0.5) is 5.69 Å². The Hall–Kier alpha value is -2.79. The Kier molecular flexibility index (Phi) is 8.78. The number of carbonyl (C=O) groups is 1. The van der Waals surface area contributed by atoms with Crippen LogP contribution in [-0.4, -0.2) is 63.2 Å². The number of aryl methyl sites for hydroxylation is 1. The highest BCUT2D eigenvalue weighted by molar-refractivity contribution is 7.89. The van der Waals surface area contributed by atoms with Gasteiger partial charge in [-0.2, -0.15) is 4.31 Å². The number of nitrogens with two attached hydrogens (primary N) is 1. The number of hydrogen-bond donors (Lipinski definition) is 2.